The molecule has 2 aromatic rings. The smallest absolute Gasteiger partial charge is 0.275 e. The molecule has 0 aliphatic heterocycles. The van der Waals surface area contributed by atoms with E-state index in [9.17, 15) is 9.18 Å². The van der Waals surface area contributed by atoms with Crippen LogP contribution in [-0.4, -0.2) is 19.5 Å². The van der Waals surface area contributed by atoms with E-state index in [4.69, 9.17) is 23.2 Å². The second-order valence-electron chi connectivity index (χ2n) is 5.90. The second-order valence-corrected chi connectivity index (χ2v) is 6.71. The van der Waals surface area contributed by atoms with Crippen molar-refractivity contribution < 1.29 is 14.1 Å². The van der Waals surface area contributed by atoms with E-state index >= 15 is 0 Å². The Labute approximate surface area is 151 Å². The van der Waals surface area contributed by atoms with E-state index < -0.39 is 0 Å². The van der Waals surface area contributed by atoms with E-state index in [0.29, 0.717) is 23.1 Å². The van der Waals surface area contributed by atoms with Gasteiger partial charge in [0.25, 0.3) is 5.91 Å². The lowest BCUT2D eigenvalue weighted by molar-refractivity contribution is -0.885. The minimum atomic E-state index is -0.260. The molecule has 0 spiro atoms. The number of quaternary nitrogens is 1. The molecule has 0 fully saturated rings. The number of halogens is 3. The Kier molecular flexibility index (Phi) is 6.60. The van der Waals surface area contributed by atoms with Gasteiger partial charge in [-0.2, -0.15) is 0 Å². The monoisotopic (exact) mass is 369 g/mol. The summed E-state index contributed by atoms with van der Waals surface area (Å²) in [5, 5.41) is 3.90. The first-order chi connectivity index (χ1) is 11.3. The van der Waals surface area contributed by atoms with Crippen LogP contribution in [0.5, 0.6) is 0 Å². The molecule has 0 saturated heterocycles. The summed E-state index contributed by atoms with van der Waals surface area (Å²) in [5.74, 6) is -0.321. The molecule has 0 heterocycles. The van der Waals surface area contributed by atoms with Gasteiger partial charge in [-0.3, -0.25) is 4.79 Å². The number of carbonyl (C=O) groups excluding carboxylic acids is 1. The van der Waals surface area contributed by atoms with Gasteiger partial charge in [0.05, 0.1) is 23.1 Å². The van der Waals surface area contributed by atoms with E-state index in [1.807, 2.05) is 20.0 Å². The van der Waals surface area contributed by atoms with Crippen molar-refractivity contribution in [2.75, 3.05) is 13.6 Å². The molecular weight excluding hydrogens is 350 g/mol. The van der Waals surface area contributed by atoms with Crippen molar-refractivity contribution in [2.24, 2.45) is 0 Å². The van der Waals surface area contributed by atoms with Crippen molar-refractivity contribution in [2.45, 2.75) is 19.5 Å². The predicted molar refractivity (Wildman–Crippen MR) is 94.9 cm³/mol. The molecule has 2 atom stereocenters. The molecule has 0 bridgehead atoms. The van der Waals surface area contributed by atoms with Crippen molar-refractivity contribution in [1.29, 1.82) is 0 Å². The minimum absolute atomic E-state index is 0.0619. The zero-order chi connectivity index (χ0) is 17.7. The minimum Gasteiger partial charge on any atom is -0.345 e. The Hall–Kier alpha value is -1.62. The summed E-state index contributed by atoms with van der Waals surface area (Å²) in [6.07, 6.45) is 0. The number of hydrogen-bond donors (Lipinski definition) is 2. The summed E-state index contributed by atoms with van der Waals surface area (Å²) in [6.45, 7) is 2.87. The molecule has 2 N–H and O–H groups in total. The van der Waals surface area contributed by atoms with E-state index in [0.717, 1.165) is 16.0 Å². The van der Waals surface area contributed by atoms with Crippen LogP contribution in [0.1, 0.15) is 24.1 Å². The first-order valence-electron chi connectivity index (χ1n) is 7.65. The second kappa shape index (κ2) is 8.47. The maximum absolute atomic E-state index is 12.9. The quantitative estimate of drug-likeness (QED) is 0.805. The van der Waals surface area contributed by atoms with Crippen LogP contribution in [0.15, 0.2) is 42.5 Å². The van der Waals surface area contributed by atoms with Crippen molar-refractivity contribution in [3.8, 4) is 0 Å². The van der Waals surface area contributed by atoms with Crippen LogP contribution in [0.3, 0.4) is 0 Å². The summed E-state index contributed by atoms with van der Waals surface area (Å²) >= 11 is 11.9. The number of amides is 1. The van der Waals surface area contributed by atoms with Gasteiger partial charge in [-0.1, -0.05) is 41.4 Å². The first-order valence-corrected chi connectivity index (χ1v) is 8.41. The van der Waals surface area contributed by atoms with E-state index in [1.54, 1.807) is 24.3 Å². The number of rotatable bonds is 6. The maximum atomic E-state index is 12.9. The molecule has 2 aromatic carbocycles. The third kappa shape index (κ3) is 5.48. The largest absolute Gasteiger partial charge is 0.345 e. The van der Waals surface area contributed by atoms with Crippen LogP contribution < -0.4 is 10.2 Å². The topological polar surface area (TPSA) is 33.5 Å². The van der Waals surface area contributed by atoms with E-state index in [2.05, 4.69) is 5.32 Å². The van der Waals surface area contributed by atoms with Gasteiger partial charge in [0.15, 0.2) is 6.54 Å². The zero-order valence-corrected chi connectivity index (χ0v) is 15.1. The Bertz CT molecular complexity index is 707. The predicted octanol–water partition coefficient (Wildman–Crippen LogP) is 3.02. The highest BCUT2D eigenvalue weighted by Crippen LogP contribution is 2.25. The van der Waals surface area contributed by atoms with Crippen LogP contribution in [-0.2, 0) is 11.3 Å². The lowest BCUT2D eigenvalue weighted by Gasteiger charge is -2.18. The number of nitrogens with one attached hydrogen (secondary N) is 2. The van der Waals surface area contributed by atoms with Crippen molar-refractivity contribution in [3.63, 3.8) is 0 Å². The highest BCUT2D eigenvalue weighted by molar-refractivity contribution is 6.42. The number of likely N-dealkylation sites (N-methyl/N-ethyl adjacent to an activating group) is 1. The lowest BCUT2D eigenvalue weighted by atomic mass is 10.1. The first kappa shape index (κ1) is 18.7. The van der Waals surface area contributed by atoms with Gasteiger partial charge < -0.3 is 10.2 Å². The Balaban J connectivity index is 1.87. The lowest BCUT2D eigenvalue weighted by Crippen LogP contribution is -3.08. The standard InChI is InChI=1S/C18H19Cl2FN2O/c1-12(14-5-8-16(19)17(20)9-14)22-18(24)11-23(2)10-13-3-6-15(21)7-4-13/h3-9,12H,10-11H2,1-2H3,(H,22,24)/p+1/t12-/m0/s1. The normalized spacial score (nSPS) is 13.4. The van der Waals surface area contributed by atoms with Crippen LogP contribution in [0, 0.1) is 5.82 Å². The summed E-state index contributed by atoms with van der Waals surface area (Å²) in [4.78, 5) is 13.2. The van der Waals surface area contributed by atoms with Gasteiger partial charge >= 0.3 is 0 Å². The van der Waals surface area contributed by atoms with Gasteiger partial charge in [0.1, 0.15) is 12.4 Å². The van der Waals surface area contributed by atoms with Gasteiger partial charge in [-0.25, -0.2) is 4.39 Å². The summed E-state index contributed by atoms with van der Waals surface area (Å²) in [6, 6.07) is 11.5. The third-order valence-corrected chi connectivity index (χ3v) is 4.44. The molecular formula is C18H20Cl2FN2O+. The summed E-state index contributed by atoms with van der Waals surface area (Å²) in [5.41, 5.74) is 1.88. The van der Waals surface area contributed by atoms with Gasteiger partial charge in [-0.15, -0.1) is 0 Å². The average molecular weight is 370 g/mol. The summed E-state index contributed by atoms with van der Waals surface area (Å²) < 4.78 is 12.9. The molecule has 0 aliphatic carbocycles. The fraction of sp³-hybridized carbons (Fsp3) is 0.278. The molecule has 6 heteroatoms. The highest BCUT2D eigenvalue weighted by Gasteiger charge is 2.15. The maximum Gasteiger partial charge on any atom is 0.275 e. The zero-order valence-electron chi connectivity index (χ0n) is 13.6. The number of carbonyl (C=O) groups is 1. The molecule has 0 aliphatic rings. The highest BCUT2D eigenvalue weighted by atomic mass is 35.5. The van der Waals surface area contributed by atoms with Gasteiger partial charge in [0.2, 0.25) is 0 Å². The molecule has 2 rings (SSSR count). The van der Waals surface area contributed by atoms with Crippen molar-refractivity contribution >= 4 is 29.1 Å². The van der Waals surface area contributed by atoms with Crippen LogP contribution in [0.25, 0.3) is 0 Å². The Morgan fingerprint density at radius 2 is 1.83 bits per heavy atom. The van der Waals surface area contributed by atoms with E-state index in [1.165, 1.54) is 12.1 Å². The molecule has 0 aromatic heterocycles. The average Bonchev–Trinajstić information content (AvgIpc) is 2.52. The van der Waals surface area contributed by atoms with Crippen molar-refractivity contribution in [1.82, 2.24) is 5.32 Å². The number of hydrogen-bond acceptors (Lipinski definition) is 1. The van der Waals surface area contributed by atoms with Crippen LogP contribution >= 0.6 is 23.2 Å². The van der Waals surface area contributed by atoms with Gasteiger partial charge in [-0.05, 0) is 36.8 Å². The molecule has 0 saturated carbocycles. The fourth-order valence-corrected chi connectivity index (χ4v) is 2.75. The molecule has 0 radical (unpaired) electrons. The van der Waals surface area contributed by atoms with Crippen molar-refractivity contribution in [3.05, 3.63) is 69.5 Å². The molecule has 1 unspecified atom stereocenters. The molecule has 24 heavy (non-hydrogen) atoms. The fourth-order valence-electron chi connectivity index (χ4n) is 2.44. The van der Waals surface area contributed by atoms with E-state index in [-0.39, 0.29) is 17.8 Å². The molecule has 128 valence electrons. The molecule has 1 amide bonds. The Morgan fingerprint density at radius 1 is 1.17 bits per heavy atom. The number of benzene rings is 2. The SMILES string of the molecule is C[C@H](NC(=O)C[NH+](C)Cc1ccc(F)cc1)c1ccc(Cl)c(Cl)c1. The van der Waals surface area contributed by atoms with Gasteiger partial charge in [0, 0.05) is 5.56 Å². The summed E-state index contributed by atoms with van der Waals surface area (Å²) in [7, 11) is 1.92. The van der Waals surface area contributed by atoms with Crippen LogP contribution in [0.2, 0.25) is 10.0 Å². The molecule has 3 nitrogen and oxygen atoms in total. The third-order valence-electron chi connectivity index (χ3n) is 3.70. The van der Waals surface area contributed by atoms with Crippen LogP contribution in [0.4, 0.5) is 4.39 Å². The Morgan fingerprint density at radius 3 is 2.46 bits per heavy atom.